The Morgan fingerprint density at radius 2 is 2.18 bits per heavy atom. The average Bonchev–Trinajstić information content (AvgIpc) is 2.72. The molecule has 1 atom stereocenters. The Morgan fingerprint density at radius 1 is 1.47 bits per heavy atom. The molecule has 2 nitrogen and oxygen atoms in total. The van der Waals surface area contributed by atoms with Gasteiger partial charge in [0.15, 0.2) is 0 Å². The van der Waals surface area contributed by atoms with Gasteiger partial charge in [-0.2, -0.15) is 11.8 Å². The molecule has 1 aromatic heterocycles. The summed E-state index contributed by atoms with van der Waals surface area (Å²) in [5, 5.41) is 6.84. The van der Waals surface area contributed by atoms with Crippen LogP contribution >= 0.6 is 23.1 Å². The Hall–Kier alpha value is -0.0600. The van der Waals surface area contributed by atoms with Crippen LogP contribution in [0.25, 0.3) is 0 Å². The molecule has 1 rings (SSSR count). The van der Waals surface area contributed by atoms with E-state index in [1.165, 1.54) is 16.5 Å². The van der Waals surface area contributed by atoms with Gasteiger partial charge in [0.25, 0.3) is 0 Å². The normalized spacial score (nSPS) is 13.9. The summed E-state index contributed by atoms with van der Waals surface area (Å²) >= 11 is 3.78. The maximum Gasteiger partial charge on any atom is 0.0944 e. The number of nitrogens with zero attached hydrogens (tertiary/aromatic N) is 1. The van der Waals surface area contributed by atoms with E-state index in [1.807, 2.05) is 18.8 Å². The third kappa shape index (κ3) is 4.98. The van der Waals surface area contributed by atoms with Gasteiger partial charge in [-0.1, -0.05) is 27.7 Å². The first-order valence-electron chi connectivity index (χ1n) is 6.17. The third-order valence-electron chi connectivity index (χ3n) is 2.67. The van der Waals surface area contributed by atoms with Crippen molar-refractivity contribution in [2.45, 2.75) is 45.6 Å². The summed E-state index contributed by atoms with van der Waals surface area (Å²) in [5.41, 5.74) is 1.39. The molecule has 0 saturated heterocycles. The zero-order valence-electron chi connectivity index (χ0n) is 11.5. The molecule has 1 N–H and O–H groups in total. The van der Waals surface area contributed by atoms with Crippen molar-refractivity contribution in [2.75, 3.05) is 18.6 Å². The molecule has 17 heavy (non-hydrogen) atoms. The van der Waals surface area contributed by atoms with E-state index in [2.05, 4.69) is 38.4 Å². The molecule has 0 amide bonds. The van der Waals surface area contributed by atoms with E-state index in [0.717, 1.165) is 12.2 Å². The third-order valence-corrected chi connectivity index (χ3v) is 4.59. The molecule has 0 aliphatic carbocycles. The molecule has 0 saturated carbocycles. The lowest BCUT2D eigenvalue weighted by Crippen LogP contribution is -2.30. The molecule has 0 aliphatic rings. The van der Waals surface area contributed by atoms with Crippen LogP contribution in [0.2, 0.25) is 0 Å². The quantitative estimate of drug-likeness (QED) is 0.860. The van der Waals surface area contributed by atoms with Crippen molar-refractivity contribution in [3.63, 3.8) is 0 Å². The Kier molecular flexibility index (Phi) is 5.97. The fourth-order valence-corrected chi connectivity index (χ4v) is 3.37. The minimum Gasteiger partial charge on any atom is -0.316 e. The van der Waals surface area contributed by atoms with Gasteiger partial charge in [-0.05, 0) is 12.8 Å². The van der Waals surface area contributed by atoms with Gasteiger partial charge >= 0.3 is 0 Å². The van der Waals surface area contributed by atoms with E-state index < -0.39 is 0 Å². The van der Waals surface area contributed by atoms with E-state index in [1.54, 1.807) is 11.3 Å². The number of thioether (sulfide) groups is 1. The zero-order chi connectivity index (χ0) is 12.9. The summed E-state index contributed by atoms with van der Waals surface area (Å²) in [7, 11) is 2.04. The molecule has 4 heteroatoms. The zero-order valence-corrected chi connectivity index (χ0v) is 13.2. The Bertz CT molecular complexity index is 328. The molecule has 1 heterocycles. The van der Waals surface area contributed by atoms with E-state index in [-0.39, 0.29) is 5.41 Å². The van der Waals surface area contributed by atoms with Crippen LogP contribution in [0.4, 0.5) is 0 Å². The van der Waals surface area contributed by atoms with Crippen molar-refractivity contribution in [1.82, 2.24) is 10.3 Å². The first-order chi connectivity index (χ1) is 7.97. The van der Waals surface area contributed by atoms with E-state index in [0.29, 0.717) is 6.04 Å². The van der Waals surface area contributed by atoms with Crippen molar-refractivity contribution in [3.05, 3.63) is 16.1 Å². The van der Waals surface area contributed by atoms with Crippen LogP contribution in [0.5, 0.6) is 0 Å². The summed E-state index contributed by atoms with van der Waals surface area (Å²) < 4.78 is 0. The molecular weight excluding hydrogens is 248 g/mol. The number of hydrogen-bond donors (Lipinski definition) is 1. The SMILES string of the molecule is CCSCC(Cc1nc(C(C)(C)C)cs1)NC. The predicted octanol–water partition coefficient (Wildman–Crippen LogP) is 3.32. The molecule has 98 valence electrons. The van der Waals surface area contributed by atoms with Gasteiger partial charge < -0.3 is 5.32 Å². The standard InChI is InChI=1S/C13H24N2S2/c1-6-16-8-10(14-5)7-12-15-11(9-17-12)13(2,3)4/h9-10,14H,6-8H2,1-5H3. The number of thiazole rings is 1. The van der Waals surface area contributed by atoms with Crippen LogP contribution in [-0.4, -0.2) is 29.6 Å². The maximum absolute atomic E-state index is 4.75. The van der Waals surface area contributed by atoms with Crippen molar-refractivity contribution in [1.29, 1.82) is 0 Å². The van der Waals surface area contributed by atoms with Crippen LogP contribution in [0, 0.1) is 0 Å². The lowest BCUT2D eigenvalue weighted by molar-refractivity contribution is 0.565. The van der Waals surface area contributed by atoms with Crippen LogP contribution < -0.4 is 5.32 Å². The summed E-state index contributed by atoms with van der Waals surface area (Å²) in [6.45, 7) is 8.86. The highest BCUT2D eigenvalue weighted by Crippen LogP contribution is 2.24. The first kappa shape index (κ1) is 15.0. The second-order valence-electron chi connectivity index (χ2n) is 5.23. The Labute approximate surface area is 114 Å². The fourth-order valence-electron chi connectivity index (χ4n) is 1.46. The number of likely N-dealkylation sites (N-methyl/N-ethyl adjacent to an activating group) is 1. The smallest absolute Gasteiger partial charge is 0.0944 e. The lowest BCUT2D eigenvalue weighted by Gasteiger charge is -2.15. The molecule has 0 bridgehead atoms. The van der Waals surface area contributed by atoms with Gasteiger partial charge in [0.2, 0.25) is 0 Å². The topological polar surface area (TPSA) is 24.9 Å². The summed E-state index contributed by atoms with van der Waals surface area (Å²) in [6.07, 6.45) is 1.05. The minimum absolute atomic E-state index is 0.169. The predicted molar refractivity (Wildman–Crippen MR) is 80.4 cm³/mol. The van der Waals surface area contributed by atoms with Crippen LogP contribution in [0.1, 0.15) is 38.4 Å². The van der Waals surface area contributed by atoms with Crippen molar-refractivity contribution in [2.24, 2.45) is 0 Å². The van der Waals surface area contributed by atoms with Gasteiger partial charge in [0.1, 0.15) is 0 Å². The summed E-state index contributed by atoms with van der Waals surface area (Å²) in [4.78, 5) is 4.75. The minimum atomic E-state index is 0.169. The van der Waals surface area contributed by atoms with Crippen LogP contribution in [0.15, 0.2) is 5.38 Å². The largest absolute Gasteiger partial charge is 0.316 e. The van der Waals surface area contributed by atoms with Gasteiger partial charge in [-0.25, -0.2) is 4.98 Å². The van der Waals surface area contributed by atoms with Crippen molar-refractivity contribution in [3.8, 4) is 0 Å². The monoisotopic (exact) mass is 272 g/mol. The number of hydrogen-bond acceptors (Lipinski definition) is 4. The van der Waals surface area contributed by atoms with E-state index in [4.69, 9.17) is 4.98 Å². The molecule has 1 unspecified atom stereocenters. The lowest BCUT2D eigenvalue weighted by atomic mass is 9.93. The number of rotatable bonds is 6. The molecule has 1 aromatic rings. The van der Waals surface area contributed by atoms with Gasteiger partial charge in [-0.3, -0.25) is 0 Å². The van der Waals surface area contributed by atoms with Crippen molar-refractivity contribution < 1.29 is 0 Å². The summed E-state index contributed by atoms with van der Waals surface area (Å²) in [6, 6.07) is 0.541. The highest BCUT2D eigenvalue weighted by Gasteiger charge is 2.18. The van der Waals surface area contributed by atoms with Gasteiger partial charge in [-0.15, -0.1) is 11.3 Å². The highest BCUT2D eigenvalue weighted by molar-refractivity contribution is 7.99. The molecule has 0 fully saturated rings. The molecule has 0 aromatic carbocycles. The second-order valence-corrected chi connectivity index (χ2v) is 7.49. The average molecular weight is 272 g/mol. The Balaban J connectivity index is 2.58. The van der Waals surface area contributed by atoms with Gasteiger partial charge in [0, 0.05) is 29.0 Å². The fraction of sp³-hybridized carbons (Fsp3) is 0.769. The number of nitrogens with one attached hydrogen (secondary N) is 1. The second kappa shape index (κ2) is 6.76. The van der Waals surface area contributed by atoms with E-state index >= 15 is 0 Å². The Morgan fingerprint density at radius 3 is 2.65 bits per heavy atom. The summed E-state index contributed by atoms with van der Waals surface area (Å²) in [5.74, 6) is 2.35. The first-order valence-corrected chi connectivity index (χ1v) is 8.20. The number of aromatic nitrogens is 1. The van der Waals surface area contributed by atoms with Crippen LogP contribution in [-0.2, 0) is 11.8 Å². The maximum atomic E-state index is 4.75. The van der Waals surface area contributed by atoms with Crippen LogP contribution in [0.3, 0.4) is 0 Å². The van der Waals surface area contributed by atoms with Crippen molar-refractivity contribution >= 4 is 23.1 Å². The highest BCUT2D eigenvalue weighted by atomic mass is 32.2. The molecule has 0 spiro atoms. The molecule has 0 radical (unpaired) electrons. The van der Waals surface area contributed by atoms with Gasteiger partial charge in [0.05, 0.1) is 10.7 Å². The molecule has 0 aliphatic heterocycles. The van der Waals surface area contributed by atoms with E-state index in [9.17, 15) is 0 Å². The molecular formula is C13H24N2S2.